The second kappa shape index (κ2) is 5.74. The second-order valence-electron chi connectivity index (χ2n) is 5.40. The molecule has 1 heterocycles. The van der Waals surface area contributed by atoms with Crippen molar-refractivity contribution in [3.63, 3.8) is 0 Å². The van der Waals surface area contributed by atoms with Crippen LogP contribution in [0.4, 0.5) is 0 Å². The van der Waals surface area contributed by atoms with Gasteiger partial charge in [-0.1, -0.05) is 30.3 Å². The van der Waals surface area contributed by atoms with Crippen LogP contribution < -0.4 is 14.9 Å². The number of rotatable bonds is 3. The molecule has 24 heavy (non-hydrogen) atoms. The van der Waals surface area contributed by atoms with Crippen LogP contribution in [0.15, 0.2) is 76.1 Å². The molecule has 0 saturated carbocycles. The van der Waals surface area contributed by atoms with Gasteiger partial charge in [-0.25, -0.2) is 0 Å². The van der Waals surface area contributed by atoms with Crippen molar-refractivity contribution < 1.29 is 13.9 Å². The Hall–Kier alpha value is -3.27. The summed E-state index contributed by atoms with van der Waals surface area (Å²) in [6.45, 7) is 0. The van der Waals surface area contributed by atoms with Crippen molar-refractivity contribution in [2.45, 2.75) is 0 Å². The fourth-order valence-corrected chi connectivity index (χ4v) is 2.65. The minimum atomic E-state index is -0.216. The lowest BCUT2D eigenvalue weighted by atomic mass is 10.1. The quantitative estimate of drug-likeness (QED) is 0.547. The zero-order chi connectivity index (χ0) is 16.5. The van der Waals surface area contributed by atoms with E-state index in [9.17, 15) is 4.79 Å². The molecule has 0 bridgehead atoms. The Labute approximate surface area is 137 Å². The van der Waals surface area contributed by atoms with E-state index in [0.29, 0.717) is 22.5 Å². The fraction of sp³-hybridized carbons (Fsp3) is 0.0500. The number of hydrogen-bond donors (Lipinski definition) is 0. The van der Waals surface area contributed by atoms with Crippen molar-refractivity contribution in [3.05, 3.63) is 77.2 Å². The van der Waals surface area contributed by atoms with Crippen LogP contribution in [0.5, 0.6) is 17.2 Å². The second-order valence-corrected chi connectivity index (χ2v) is 5.40. The molecule has 4 rings (SSSR count). The van der Waals surface area contributed by atoms with E-state index in [0.717, 1.165) is 10.8 Å². The molecule has 0 amide bonds. The third kappa shape index (κ3) is 2.48. The Morgan fingerprint density at radius 3 is 2.50 bits per heavy atom. The van der Waals surface area contributed by atoms with Gasteiger partial charge in [-0.15, -0.1) is 0 Å². The lowest BCUT2D eigenvalue weighted by Crippen LogP contribution is -2.04. The monoisotopic (exact) mass is 318 g/mol. The van der Waals surface area contributed by atoms with E-state index in [-0.39, 0.29) is 11.2 Å². The van der Waals surface area contributed by atoms with Crippen molar-refractivity contribution in [1.82, 2.24) is 0 Å². The van der Waals surface area contributed by atoms with Crippen molar-refractivity contribution in [1.29, 1.82) is 0 Å². The number of benzene rings is 3. The third-order valence-electron chi connectivity index (χ3n) is 3.90. The molecular weight excluding hydrogens is 304 g/mol. The Bertz CT molecular complexity index is 1100. The third-order valence-corrected chi connectivity index (χ3v) is 3.90. The SMILES string of the molecule is COc1ccc2c(=O)c(Oc3ccc4ccccc4c3)coc2c1. The predicted octanol–water partition coefficient (Wildman–Crippen LogP) is 4.75. The maximum atomic E-state index is 12.6. The summed E-state index contributed by atoms with van der Waals surface area (Å²) in [6.07, 6.45) is 1.33. The number of fused-ring (bicyclic) bond motifs is 2. The van der Waals surface area contributed by atoms with E-state index < -0.39 is 0 Å². The molecule has 0 N–H and O–H groups in total. The van der Waals surface area contributed by atoms with E-state index in [4.69, 9.17) is 13.9 Å². The zero-order valence-electron chi connectivity index (χ0n) is 13.0. The first-order valence-electron chi connectivity index (χ1n) is 7.51. The molecule has 4 heteroatoms. The van der Waals surface area contributed by atoms with Gasteiger partial charge in [0.15, 0.2) is 0 Å². The van der Waals surface area contributed by atoms with E-state index in [1.165, 1.54) is 6.26 Å². The van der Waals surface area contributed by atoms with Gasteiger partial charge in [0.2, 0.25) is 11.2 Å². The molecule has 0 aliphatic carbocycles. The molecular formula is C20H14O4. The smallest absolute Gasteiger partial charge is 0.235 e. The molecule has 3 aromatic carbocycles. The summed E-state index contributed by atoms with van der Waals surface area (Å²) < 4.78 is 16.4. The van der Waals surface area contributed by atoms with Crippen LogP contribution in [-0.4, -0.2) is 7.11 Å². The normalized spacial score (nSPS) is 10.9. The minimum absolute atomic E-state index is 0.156. The lowest BCUT2D eigenvalue weighted by Gasteiger charge is -2.07. The molecule has 0 atom stereocenters. The minimum Gasteiger partial charge on any atom is -0.497 e. The maximum absolute atomic E-state index is 12.6. The standard InChI is InChI=1S/C20H14O4/c1-22-15-8-9-17-18(11-15)23-12-19(20(17)21)24-16-7-6-13-4-2-3-5-14(13)10-16/h2-12H,1H3. The van der Waals surface area contributed by atoms with Crippen LogP contribution in [0.25, 0.3) is 21.7 Å². The van der Waals surface area contributed by atoms with Gasteiger partial charge >= 0.3 is 0 Å². The highest BCUT2D eigenvalue weighted by Gasteiger charge is 2.10. The number of ether oxygens (including phenoxy) is 2. The summed E-state index contributed by atoms with van der Waals surface area (Å²) in [7, 11) is 1.57. The highest BCUT2D eigenvalue weighted by atomic mass is 16.5. The molecule has 4 aromatic rings. The summed E-state index contributed by atoms with van der Waals surface area (Å²) in [5.41, 5.74) is 0.247. The average molecular weight is 318 g/mol. The van der Waals surface area contributed by atoms with Gasteiger partial charge in [0.05, 0.1) is 12.5 Å². The van der Waals surface area contributed by atoms with Gasteiger partial charge in [-0.2, -0.15) is 0 Å². The highest BCUT2D eigenvalue weighted by Crippen LogP contribution is 2.26. The van der Waals surface area contributed by atoms with Crippen molar-refractivity contribution in [2.75, 3.05) is 7.11 Å². The van der Waals surface area contributed by atoms with Crippen molar-refractivity contribution in [2.24, 2.45) is 0 Å². The van der Waals surface area contributed by atoms with E-state index in [1.54, 1.807) is 25.3 Å². The molecule has 0 fully saturated rings. The van der Waals surface area contributed by atoms with Gasteiger partial charge < -0.3 is 13.9 Å². The summed E-state index contributed by atoms with van der Waals surface area (Å²) in [5, 5.41) is 2.61. The lowest BCUT2D eigenvalue weighted by molar-refractivity contribution is 0.413. The van der Waals surface area contributed by atoms with Crippen molar-refractivity contribution >= 4 is 21.7 Å². The largest absolute Gasteiger partial charge is 0.497 e. The van der Waals surface area contributed by atoms with Gasteiger partial charge in [0, 0.05) is 6.07 Å². The molecule has 0 spiro atoms. The first kappa shape index (κ1) is 14.3. The fourth-order valence-electron chi connectivity index (χ4n) is 2.65. The van der Waals surface area contributed by atoms with Gasteiger partial charge in [-0.05, 0) is 35.0 Å². The predicted molar refractivity (Wildman–Crippen MR) is 93.1 cm³/mol. The summed E-state index contributed by atoms with van der Waals surface area (Å²) in [6, 6.07) is 18.7. The van der Waals surface area contributed by atoms with E-state index >= 15 is 0 Å². The number of methoxy groups -OCH3 is 1. The van der Waals surface area contributed by atoms with E-state index in [1.807, 2.05) is 42.5 Å². The first-order valence-corrected chi connectivity index (χ1v) is 7.51. The summed E-state index contributed by atoms with van der Waals surface area (Å²) >= 11 is 0. The average Bonchev–Trinajstić information content (AvgIpc) is 2.63. The Morgan fingerprint density at radius 1 is 0.875 bits per heavy atom. The maximum Gasteiger partial charge on any atom is 0.235 e. The Morgan fingerprint density at radius 2 is 1.67 bits per heavy atom. The van der Waals surface area contributed by atoms with Crippen LogP contribution in [0.3, 0.4) is 0 Å². The molecule has 0 unspecified atom stereocenters. The summed E-state index contributed by atoms with van der Waals surface area (Å²) in [5.74, 6) is 1.38. The molecule has 0 saturated heterocycles. The molecule has 1 aromatic heterocycles. The zero-order valence-corrected chi connectivity index (χ0v) is 13.0. The topological polar surface area (TPSA) is 48.7 Å². The van der Waals surface area contributed by atoms with Gasteiger partial charge in [-0.3, -0.25) is 4.79 Å². The summed E-state index contributed by atoms with van der Waals surface area (Å²) in [4.78, 5) is 12.6. The molecule has 0 radical (unpaired) electrons. The first-order chi connectivity index (χ1) is 11.7. The number of hydrogen-bond acceptors (Lipinski definition) is 4. The molecule has 118 valence electrons. The molecule has 4 nitrogen and oxygen atoms in total. The molecule has 0 aliphatic rings. The van der Waals surface area contributed by atoms with E-state index in [2.05, 4.69) is 0 Å². The van der Waals surface area contributed by atoms with Crippen LogP contribution in [0.1, 0.15) is 0 Å². The van der Waals surface area contributed by atoms with Crippen LogP contribution in [0, 0.1) is 0 Å². The molecule has 0 aliphatic heterocycles. The Kier molecular flexibility index (Phi) is 3.43. The van der Waals surface area contributed by atoms with Crippen LogP contribution in [-0.2, 0) is 0 Å². The van der Waals surface area contributed by atoms with Gasteiger partial charge in [0.25, 0.3) is 0 Å². The van der Waals surface area contributed by atoms with Gasteiger partial charge in [0.1, 0.15) is 23.3 Å². The highest BCUT2D eigenvalue weighted by molar-refractivity contribution is 5.84. The van der Waals surface area contributed by atoms with Crippen molar-refractivity contribution in [3.8, 4) is 17.2 Å². The Balaban J connectivity index is 1.75. The van der Waals surface area contributed by atoms with Crippen LogP contribution in [0.2, 0.25) is 0 Å². The van der Waals surface area contributed by atoms with Crippen LogP contribution >= 0.6 is 0 Å².